The Kier molecular flexibility index (Phi) is 4.07. The summed E-state index contributed by atoms with van der Waals surface area (Å²) in [5.74, 6) is -3.65. The molecule has 1 unspecified atom stereocenters. The van der Waals surface area contributed by atoms with Crippen LogP contribution in [0.5, 0.6) is 0 Å². The molecule has 0 aliphatic carbocycles. The number of carbonyl (C=O) groups excluding carboxylic acids is 2. The average Bonchev–Trinajstić information content (AvgIpc) is 2.29. The fourth-order valence-electron chi connectivity index (χ4n) is 1.11. The Hall–Kier alpha value is -2.78. The number of carbonyl (C=O) groups is 4. The largest absolute Gasteiger partial charge is 0.496 e. The first-order chi connectivity index (χ1) is 8.41. The zero-order valence-corrected chi connectivity index (χ0v) is 8.82. The Morgan fingerprint density at radius 1 is 1.33 bits per heavy atom. The first-order valence-electron chi connectivity index (χ1n) is 4.56. The molecule has 0 bridgehead atoms. The first-order valence-corrected chi connectivity index (χ1v) is 4.56. The molecular formula is C8H9N3O7. The van der Waals surface area contributed by atoms with Crippen LogP contribution in [0.4, 0.5) is 9.59 Å². The highest BCUT2D eigenvalue weighted by atomic mass is 16.5. The van der Waals surface area contributed by atoms with Crippen LogP contribution in [-0.2, 0) is 14.3 Å². The second-order valence-corrected chi connectivity index (χ2v) is 3.06. The summed E-state index contributed by atoms with van der Waals surface area (Å²) in [4.78, 5) is 41.4. The molecule has 0 aromatic rings. The van der Waals surface area contributed by atoms with Crippen molar-refractivity contribution >= 4 is 24.0 Å². The van der Waals surface area contributed by atoms with E-state index in [0.29, 0.717) is 0 Å². The Morgan fingerprint density at radius 3 is 2.50 bits per heavy atom. The van der Waals surface area contributed by atoms with Gasteiger partial charge in [-0.05, 0) is 0 Å². The van der Waals surface area contributed by atoms with Gasteiger partial charge in [0.1, 0.15) is 12.8 Å². The number of aliphatic carboxylic acids is 2. The van der Waals surface area contributed by atoms with Crippen LogP contribution in [0.2, 0.25) is 0 Å². The van der Waals surface area contributed by atoms with Crippen molar-refractivity contribution in [2.75, 3.05) is 6.61 Å². The molecule has 1 atom stereocenters. The van der Waals surface area contributed by atoms with Crippen LogP contribution in [0.1, 0.15) is 0 Å². The molecule has 2 aliphatic heterocycles. The van der Waals surface area contributed by atoms with Gasteiger partial charge in [-0.1, -0.05) is 0 Å². The van der Waals surface area contributed by atoms with Crippen LogP contribution < -0.4 is 10.6 Å². The lowest BCUT2D eigenvalue weighted by atomic mass is 10.4. The zero-order valence-electron chi connectivity index (χ0n) is 8.82. The molecular weight excluding hydrogens is 250 g/mol. The first kappa shape index (κ1) is 13.3. The van der Waals surface area contributed by atoms with Crippen LogP contribution in [0.3, 0.4) is 0 Å². The molecule has 0 aromatic carbocycles. The predicted octanol–water partition coefficient (Wildman–Crippen LogP) is -1.30. The van der Waals surface area contributed by atoms with E-state index >= 15 is 0 Å². The molecule has 0 radical (unpaired) electrons. The number of fused-ring (bicyclic) bond motifs is 1. The molecule has 4 amide bonds. The maximum atomic E-state index is 11.1. The van der Waals surface area contributed by atoms with Crippen molar-refractivity contribution in [2.45, 2.75) is 6.17 Å². The van der Waals surface area contributed by atoms with Gasteiger partial charge >= 0.3 is 24.0 Å². The number of rotatable bonds is 0. The highest BCUT2D eigenvalue weighted by Gasteiger charge is 2.32. The van der Waals surface area contributed by atoms with E-state index in [2.05, 4.69) is 10.6 Å². The highest BCUT2D eigenvalue weighted by molar-refractivity contribution is 6.27. The lowest BCUT2D eigenvalue weighted by Gasteiger charge is -2.34. The third kappa shape index (κ3) is 3.37. The summed E-state index contributed by atoms with van der Waals surface area (Å²) in [5.41, 5.74) is 0. The highest BCUT2D eigenvalue weighted by Crippen LogP contribution is 2.08. The number of carboxylic acid groups (broad SMARTS) is 2. The molecule has 0 aromatic heterocycles. The third-order valence-electron chi connectivity index (χ3n) is 1.84. The van der Waals surface area contributed by atoms with Crippen molar-refractivity contribution in [2.24, 2.45) is 0 Å². The van der Waals surface area contributed by atoms with Gasteiger partial charge in [-0.3, -0.25) is 10.2 Å². The van der Waals surface area contributed by atoms with E-state index < -0.39 is 24.0 Å². The molecule has 2 rings (SSSR count). The number of hydrogen-bond acceptors (Lipinski definition) is 5. The Labute approximate surface area is 99.8 Å². The van der Waals surface area contributed by atoms with Gasteiger partial charge < -0.3 is 20.3 Å². The van der Waals surface area contributed by atoms with E-state index in [1.165, 1.54) is 17.4 Å². The topological polar surface area (TPSA) is 145 Å². The number of carboxylic acids is 2. The Balaban J connectivity index is 0.000000232. The number of urea groups is 2. The second kappa shape index (κ2) is 5.52. The third-order valence-corrected chi connectivity index (χ3v) is 1.84. The van der Waals surface area contributed by atoms with Crippen molar-refractivity contribution in [3.63, 3.8) is 0 Å². The van der Waals surface area contributed by atoms with Crippen molar-refractivity contribution in [1.29, 1.82) is 0 Å². The monoisotopic (exact) mass is 259 g/mol. The van der Waals surface area contributed by atoms with E-state index in [4.69, 9.17) is 24.5 Å². The van der Waals surface area contributed by atoms with E-state index in [1.54, 1.807) is 0 Å². The fourth-order valence-corrected chi connectivity index (χ4v) is 1.11. The van der Waals surface area contributed by atoms with Gasteiger partial charge in [0, 0.05) is 6.20 Å². The van der Waals surface area contributed by atoms with Gasteiger partial charge in [-0.2, -0.15) is 0 Å². The summed E-state index contributed by atoms with van der Waals surface area (Å²) in [6, 6.07) is -0.913. The maximum absolute atomic E-state index is 11.1. The smallest absolute Gasteiger partial charge is 0.414 e. The zero-order chi connectivity index (χ0) is 13.7. The minimum Gasteiger partial charge on any atom is -0.496 e. The minimum atomic E-state index is -1.82. The van der Waals surface area contributed by atoms with Crippen LogP contribution in [-0.4, -0.2) is 51.9 Å². The van der Waals surface area contributed by atoms with Crippen molar-refractivity contribution in [1.82, 2.24) is 15.5 Å². The van der Waals surface area contributed by atoms with Gasteiger partial charge in [0.15, 0.2) is 0 Å². The van der Waals surface area contributed by atoms with Gasteiger partial charge in [0.2, 0.25) is 0 Å². The molecule has 0 spiro atoms. The number of hydrogen-bond donors (Lipinski definition) is 4. The van der Waals surface area contributed by atoms with Crippen molar-refractivity contribution < 1.29 is 34.1 Å². The van der Waals surface area contributed by atoms with E-state index in [9.17, 15) is 9.59 Å². The molecule has 98 valence electrons. The van der Waals surface area contributed by atoms with E-state index in [-0.39, 0.29) is 12.8 Å². The average molecular weight is 259 g/mol. The fraction of sp³-hybridized carbons (Fsp3) is 0.250. The lowest BCUT2D eigenvalue weighted by molar-refractivity contribution is -0.159. The van der Waals surface area contributed by atoms with Gasteiger partial charge in [0.25, 0.3) is 0 Å². The van der Waals surface area contributed by atoms with Gasteiger partial charge in [-0.25, -0.2) is 19.2 Å². The number of nitrogens with one attached hydrogen (secondary N) is 2. The van der Waals surface area contributed by atoms with Crippen molar-refractivity contribution in [3.8, 4) is 0 Å². The summed E-state index contributed by atoms with van der Waals surface area (Å²) in [7, 11) is 0. The number of ether oxygens (including phenoxy) is 1. The van der Waals surface area contributed by atoms with Gasteiger partial charge in [-0.15, -0.1) is 0 Å². The molecule has 1 saturated heterocycles. The molecule has 4 N–H and O–H groups in total. The van der Waals surface area contributed by atoms with Gasteiger partial charge in [0.05, 0.1) is 6.26 Å². The number of nitrogens with zero attached hydrogens (tertiary/aromatic N) is 1. The summed E-state index contributed by atoms with van der Waals surface area (Å²) in [6.45, 7) is 0.287. The molecule has 18 heavy (non-hydrogen) atoms. The summed E-state index contributed by atoms with van der Waals surface area (Å²) in [5, 5.41) is 19.4. The molecule has 2 aliphatic rings. The number of amides is 4. The van der Waals surface area contributed by atoms with E-state index in [1.807, 2.05) is 0 Å². The lowest BCUT2D eigenvalue weighted by Crippen LogP contribution is -2.63. The van der Waals surface area contributed by atoms with Crippen LogP contribution in [0.25, 0.3) is 0 Å². The summed E-state index contributed by atoms with van der Waals surface area (Å²) >= 11 is 0. The van der Waals surface area contributed by atoms with Crippen LogP contribution in [0.15, 0.2) is 12.5 Å². The predicted molar refractivity (Wildman–Crippen MR) is 53.1 cm³/mol. The maximum Gasteiger partial charge on any atom is 0.414 e. The Bertz CT molecular complexity index is 407. The van der Waals surface area contributed by atoms with E-state index in [0.717, 1.165) is 0 Å². The standard InChI is InChI=1S/C6H7N3O3.C2H2O4/c10-5-7-4-3-12-2-1-9(4)6(11)8-5;3-1(4)2(5)6/h1-2,4H,3H2,(H2,7,8,10,11);(H,3,4)(H,5,6). The second-order valence-electron chi connectivity index (χ2n) is 3.06. The molecule has 2 heterocycles. The van der Waals surface area contributed by atoms with Crippen molar-refractivity contribution in [3.05, 3.63) is 12.5 Å². The summed E-state index contributed by atoms with van der Waals surface area (Å²) < 4.78 is 4.92. The summed E-state index contributed by atoms with van der Waals surface area (Å²) in [6.07, 6.45) is 2.51. The normalized spacial score (nSPS) is 20.4. The Morgan fingerprint density at radius 2 is 1.94 bits per heavy atom. The SMILES string of the molecule is O=C(O)C(=O)O.O=C1NC(=O)N2C=COCC2N1. The molecule has 10 nitrogen and oxygen atoms in total. The molecule has 10 heteroatoms. The van der Waals surface area contributed by atoms with Crippen LogP contribution >= 0.6 is 0 Å². The molecule has 0 saturated carbocycles. The van der Waals surface area contributed by atoms with Crippen LogP contribution in [0, 0.1) is 0 Å². The molecule has 1 fully saturated rings. The number of imide groups is 1. The minimum absolute atomic E-state index is 0.287. The quantitative estimate of drug-likeness (QED) is 0.395.